The minimum Gasteiger partial charge on any atom is -0.444 e. The highest BCUT2D eigenvalue weighted by Gasteiger charge is 2.31. The summed E-state index contributed by atoms with van der Waals surface area (Å²) in [4.78, 5) is 34.4. The molecule has 5 rings (SSSR count). The molecule has 50 heavy (non-hydrogen) atoms. The Hall–Kier alpha value is -4.86. The number of carbonyl (C=O) groups excluding carboxylic acids is 2. The highest BCUT2D eigenvalue weighted by Crippen LogP contribution is 2.30. The van der Waals surface area contributed by atoms with Crippen LogP contribution in [0.2, 0.25) is 0 Å². The Morgan fingerprint density at radius 1 is 0.760 bits per heavy atom. The topological polar surface area (TPSA) is 74.8 Å². The van der Waals surface area contributed by atoms with Gasteiger partial charge in [0.1, 0.15) is 5.60 Å². The van der Waals surface area contributed by atoms with E-state index in [0.717, 1.165) is 71.3 Å². The third kappa shape index (κ3) is 10.3. The van der Waals surface area contributed by atoms with Gasteiger partial charge in [0.25, 0.3) is 0 Å². The fourth-order valence-electron chi connectivity index (χ4n) is 6.04. The third-order valence-electron chi connectivity index (χ3n) is 8.71. The largest absolute Gasteiger partial charge is 0.444 e. The maximum atomic E-state index is 13.4. The van der Waals surface area contributed by atoms with Gasteiger partial charge in [0.2, 0.25) is 0 Å². The third-order valence-corrected chi connectivity index (χ3v) is 8.71. The molecule has 1 N–H and O–H groups in total. The summed E-state index contributed by atoms with van der Waals surface area (Å²) >= 11 is 0. The molecule has 1 saturated carbocycles. The number of pyridine rings is 1. The van der Waals surface area contributed by atoms with Gasteiger partial charge in [-0.25, -0.2) is 9.59 Å². The van der Waals surface area contributed by atoms with Crippen LogP contribution in [0.25, 0.3) is 11.1 Å². The first-order chi connectivity index (χ1) is 23.7. The van der Waals surface area contributed by atoms with Crippen LogP contribution in [-0.2, 0) is 30.5 Å². The fourth-order valence-corrected chi connectivity index (χ4v) is 6.04. The van der Waals surface area contributed by atoms with Crippen LogP contribution in [0.4, 0.5) is 28.4 Å². The second kappa shape index (κ2) is 15.8. The van der Waals surface area contributed by atoms with Crippen LogP contribution >= 0.6 is 0 Å². The summed E-state index contributed by atoms with van der Waals surface area (Å²) in [5, 5.41) is 2.73. The number of nitrogens with zero attached hydrogens (tertiary/aromatic N) is 3. The molecule has 0 atom stereocenters. The van der Waals surface area contributed by atoms with Gasteiger partial charge in [0, 0.05) is 43.3 Å². The number of hydrogen-bond acceptors (Lipinski definition) is 4. The number of anilines is 1. The van der Waals surface area contributed by atoms with Crippen LogP contribution in [0.15, 0.2) is 91.1 Å². The number of carbonyl (C=O) groups is 2. The summed E-state index contributed by atoms with van der Waals surface area (Å²) in [5.41, 5.74) is 4.52. The molecule has 1 aromatic heterocycles. The average Bonchev–Trinajstić information content (AvgIpc) is 3.08. The number of rotatable bonds is 9. The van der Waals surface area contributed by atoms with Crippen molar-refractivity contribution in [3.8, 4) is 11.1 Å². The number of urea groups is 1. The number of nitrogens with one attached hydrogen (secondary N) is 1. The molecule has 0 aliphatic heterocycles. The molecule has 4 aromatic rings. The van der Waals surface area contributed by atoms with E-state index in [9.17, 15) is 22.8 Å². The van der Waals surface area contributed by atoms with E-state index in [1.807, 2.05) is 93.3 Å². The van der Waals surface area contributed by atoms with E-state index >= 15 is 0 Å². The number of alkyl halides is 3. The normalized spacial score (nSPS) is 13.8. The van der Waals surface area contributed by atoms with Crippen molar-refractivity contribution in [2.24, 2.45) is 0 Å². The lowest BCUT2D eigenvalue weighted by atomic mass is 9.94. The molecule has 0 bridgehead atoms. The number of benzene rings is 3. The summed E-state index contributed by atoms with van der Waals surface area (Å²) in [7, 11) is 0. The standard InChI is InChI=1S/C40H45F3N4O3/c1-28-10-11-31(24-44-28)26-46(37(48)45-35-22-20-34(21-23-35)40(41,42)43)25-29-12-16-32(17-13-29)33-18-14-30(15-19-33)27-47(36-8-6-5-7-9-36)38(49)50-39(2,3)4/h10-24,36H,5-9,25-27H2,1-4H3,(H,45,48). The van der Waals surface area contributed by atoms with E-state index in [-0.39, 0.29) is 30.9 Å². The number of aryl methyl sites for hydroxylation is 1. The summed E-state index contributed by atoms with van der Waals surface area (Å²) in [6, 6.07) is 24.0. The fraction of sp³-hybridized carbons (Fsp3) is 0.375. The molecule has 1 heterocycles. The average molecular weight is 687 g/mol. The van der Waals surface area contributed by atoms with Gasteiger partial charge in [-0.05, 0) is 98.7 Å². The molecule has 10 heteroatoms. The Morgan fingerprint density at radius 2 is 1.30 bits per heavy atom. The Kier molecular flexibility index (Phi) is 11.5. The second-order valence-electron chi connectivity index (χ2n) is 14.0. The molecule has 0 radical (unpaired) electrons. The summed E-state index contributed by atoms with van der Waals surface area (Å²) in [6.07, 6.45) is 2.38. The molecule has 0 spiro atoms. The highest BCUT2D eigenvalue weighted by molar-refractivity contribution is 5.89. The Balaban J connectivity index is 1.27. The summed E-state index contributed by atoms with van der Waals surface area (Å²) in [6.45, 7) is 8.55. The summed E-state index contributed by atoms with van der Waals surface area (Å²) in [5.74, 6) is 0. The van der Waals surface area contributed by atoms with E-state index < -0.39 is 23.4 Å². The highest BCUT2D eigenvalue weighted by atomic mass is 19.4. The van der Waals surface area contributed by atoms with Crippen molar-refractivity contribution in [1.29, 1.82) is 0 Å². The van der Waals surface area contributed by atoms with Crippen molar-refractivity contribution in [1.82, 2.24) is 14.8 Å². The van der Waals surface area contributed by atoms with Crippen LogP contribution < -0.4 is 5.32 Å². The van der Waals surface area contributed by atoms with Gasteiger partial charge in [-0.15, -0.1) is 0 Å². The maximum absolute atomic E-state index is 13.4. The predicted molar refractivity (Wildman–Crippen MR) is 189 cm³/mol. The molecule has 0 unspecified atom stereocenters. The van der Waals surface area contributed by atoms with Crippen molar-refractivity contribution in [3.05, 3.63) is 119 Å². The first kappa shape index (κ1) is 36.4. The Morgan fingerprint density at radius 3 is 1.82 bits per heavy atom. The zero-order valence-corrected chi connectivity index (χ0v) is 29.1. The number of aromatic nitrogens is 1. The van der Waals surface area contributed by atoms with Crippen LogP contribution in [0.1, 0.15) is 80.8 Å². The van der Waals surface area contributed by atoms with Gasteiger partial charge < -0.3 is 19.9 Å². The lowest BCUT2D eigenvalue weighted by Gasteiger charge is -2.35. The number of ether oxygens (including phenoxy) is 1. The monoisotopic (exact) mass is 686 g/mol. The first-order valence-corrected chi connectivity index (χ1v) is 17.1. The van der Waals surface area contributed by atoms with Gasteiger partial charge in [-0.2, -0.15) is 13.2 Å². The molecule has 1 aliphatic carbocycles. The SMILES string of the molecule is Cc1ccc(CN(Cc2ccc(-c3ccc(CN(C(=O)OC(C)(C)C)C4CCCCC4)cc3)cc2)C(=O)Nc2ccc(C(F)(F)F)cc2)cn1. The van der Waals surface area contributed by atoms with Gasteiger partial charge >= 0.3 is 18.3 Å². The van der Waals surface area contributed by atoms with Crippen molar-refractivity contribution in [2.75, 3.05) is 5.32 Å². The van der Waals surface area contributed by atoms with E-state index in [1.165, 1.54) is 18.6 Å². The molecule has 0 saturated heterocycles. The van der Waals surface area contributed by atoms with Crippen LogP contribution in [0.5, 0.6) is 0 Å². The molecular weight excluding hydrogens is 641 g/mol. The number of amides is 3. The zero-order valence-electron chi connectivity index (χ0n) is 29.1. The number of hydrogen-bond donors (Lipinski definition) is 1. The summed E-state index contributed by atoms with van der Waals surface area (Å²) < 4.78 is 44.9. The molecule has 1 fully saturated rings. The van der Waals surface area contributed by atoms with Gasteiger partial charge in [0.05, 0.1) is 5.56 Å². The molecular formula is C40H45F3N4O3. The van der Waals surface area contributed by atoms with Crippen LogP contribution in [-0.4, -0.2) is 38.6 Å². The van der Waals surface area contributed by atoms with Crippen molar-refractivity contribution < 1.29 is 27.5 Å². The van der Waals surface area contributed by atoms with E-state index in [0.29, 0.717) is 6.54 Å². The molecule has 1 aliphatic rings. The van der Waals surface area contributed by atoms with Crippen LogP contribution in [0.3, 0.4) is 0 Å². The van der Waals surface area contributed by atoms with Crippen molar-refractivity contribution in [3.63, 3.8) is 0 Å². The van der Waals surface area contributed by atoms with Crippen molar-refractivity contribution in [2.45, 2.75) is 97.3 Å². The van der Waals surface area contributed by atoms with Crippen LogP contribution in [0, 0.1) is 6.92 Å². The minimum atomic E-state index is -4.46. The minimum absolute atomic E-state index is 0.171. The molecule has 3 amide bonds. The van der Waals surface area contributed by atoms with Gasteiger partial charge in [0.15, 0.2) is 0 Å². The smallest absolute Gasteiger partial charge is 0.416 e. The van der Waals surface area contributed by atoms with Gasteiger partial charge in [-0.1, -0.05) is 73.9 Å². The first-order valence-electron chi connectivity index (χ1n) is 17.1. The zero-order chi connectivity index (χ0) is 35.9. The molecule has 3 aromatic carbocycles. The van der Waals surface area contributed by atoms with E-state index in [4.69, 9.17) is 4.74 Å². The Labute approximate surface area is 292 Å². The second-order valence-corrected chi connectivity index (χ2v) is 14.0. The quantitative estimate of drug-likeness (QED) is 0.190. The maximum Gasteiger partial charge on any atom is 0.416 e. The van der Waals surface area contributed by atoms with E-state index in [1.54, 1.807) is 11.1 Å². The molecule has 7 nitrogen and oxygen atoms in total. The Bertz CT molecular complexity index is 1710. The van der Waals surface area contributed by atoms with E-state index in [2.05, 4.69) is 10.3 Å². The van der Waals surface area contributed by atoms with Crippen molar-refractivity contribution >= 4 is 17.8 Å². The molecule has 264 valence electrons. The number of halogens is 3. The van der Waals surface area contributed by atoms with Gasteiger partial charge in [-0.3, -0.25) is 4.98 Å². The predicted octanol–water partition coefficient (Wildman–Crippen LogP) is 10.4. The lowest BCUT2D eigenvalue weighted by molar-refractivity contribution is -0.137. The lowest BCUT2D eigenvalue weighted by Crippen LogP contribution is -2.43.